The molecule has 0 amide bonds. The topological polar surface area (TPSA) is 25.2 Å². The summed E-state index contributed by atoms with van der Waals surface area (Å²) in [6.45, 7) is 6.80. The fourth-order valence-electron chi connectivity index (χ4n) is 3.08. The fraction of sp³-hybridized carbons (Fsp3) is 0.750. The molecule has 18 heavy (non-hydrogen) atoms. The first-order valence-corrected chi connectivity index (χ1v) is 7.49. The van der Waals surface area contributed by atoms with Crippen molar-refractivity contribution in [3.05, 3.63) is 24.2 Å². The van der Waals surface area contributed by atoms with Crippen LogP contribution in [0.2, 0.25) is 0 Å². The zero-order chi connectivity index (χ0) is 12.8. The zero-order valence-electron chi connectivity index (χ0n) is 11.8. The first-order valence-electron chi connectivity index (χ1n) is 7.49. The summed E-state index contributed by atoms with van der Waals surface area (Å²) in [5, 5.41) is 3.63. The molecule has 1 N–H and O–H groups in total. The van der Waals surface area contributed by atoms with E-state index in [4.69, 9.17) is 4.42 Å². The highest BCUT2D eigenvalue weighted by Crippen LogP contribution is 2.33. The Balaban J connectivity index is 1.85. The highest BCUT2D eigenvalue weighted by atomic mass is 16.3. The average molecular weight is 249 g/mol. The van der Waals surface area contributed by atoms with Crippen LogP contribution >= 0.6 is 0 Å². The Morgan fingerprint density at radius 2 is 2.06 bits per heavy atom. The molecule has 0 saturated heterocycles. The molecule has 2 nitrogen and oxygen atoms in total. The fourth-order valence-corrected chi connectivity index (χ4v) is 3.08. The van der Waals surface area contributed by atoms with Gasteiger partial charge in [0.2, 0.25) is 0 Å². The molecule has 0 aromatic carbocycles. The molecule has 1 unspecified atom stereocenters. The van der Waals surface area contributed by atoms with E-state index in [0.717, 1.165) is 43.0 Å². The van der Waals surface area contributed by atoms with E-state index >= 15 is 0 Å². The lowest BCUT2D eigenvalue weighted by Crippen LogP contribution is -2.31. The molecule has 1 aromatic rings. The molecule has 1 saturated carbocycles. The molecular weight excluding hydrogens is 222 g/mol. The first-order chi connectivity index (χ1) is 8.75. The minimum Gasteiger partial charge on any atom is -0.469 e. The van der Waals surface area contributed by atoms with E-state index in [-0.39, 0.29) is 0 Å². The molecular formula is C16H27NO. The Morgan fingerprint density at radius 1 is 1.28 bits per heavy atom. The van der Waals surface area contributed by atoms with E-state index in [9.17, 15) is 0 Å². The maximum atomic E-state index is 5.52. The lowest BCUT2D eigenvalue weighted by Gasteiger charge is -2.23. The minimum atomic E-state index is 0.734. The Kier molecular flexibility index (Phi) is 5.30. The second-order valence-corrected chi connectivity index (χ2v) is 6.14. The molecule has 0 radical (unpaired) electrons. The van der Waals surface area contributed by atoms with Gasteiger partial charge < -0.3 is 9.73 Å². The van der Waals surface area contributed by atoms with Crippen molar-refractivity contribution < 1.29 is 4.42 Å². The number of nitrogens with one attached hydrogen (secondary N) is 1. The summed E-state index contributed by atoms with van der Waals surface area (Å²) < 4.78 is 5.52. The summed E-state index contributed by atoms with van der Waals surface area (Å²) in [6, 6.07) is 4.12. The van der Waals surface area contributed by atoms with Gasteiger partial charge in [-0.1, -0.05) is 39.5 Å². The third kappa shape index (κ3) is 4.16. The monoisotopic (exact) mass is 249 g/mol. The van der Waals surface area contributed by atoms with Gasteiger partial charge in [-0.15, -0.1) is 0 Å². The highest BCUT2D eigenvalue weighted by Gasteiger charge is 2.25. The van der Waals surface area contributed by atoms with E-state index < -0.39 is 0 Å². The van der Waals surface area contributed by atoms with Gasteiger partial charge in [0, 0.05) is 6.42 Å². The van der Waals surface area contributed by atoms with E-state index in [2.05, 4.69) is 25.2 Å². The lowest BCUT2D eigenvalue weighted by molar-refractivity contribution is 0.298. The van der Waals surface area contributed by atoms with Crippen molar-refractivity contribution in [2.24, 2.45) is 17.8 Å². The number of hydrogen-bond acceptors (Lipinski definition) is 2. The predicted octanol–water partition coefficient (Wildman–Crippen LogP) is 3.87. The smallest absolute Gasteiger partial charge is 0.104 e. The Labute approximate surface area is 111 Å². The molecule has 2 heteroatoms. The van der Waals surface area contributed by atoms with Gasteiger partial charge in [-0.25, -0.2) is 0 Å². The second kappa shape index (κ2) is 6.98. The van der Waals surface area contributed by atoms with Crippen molar-refractivity contribution in [2.45, 2.75) is 46.0 Å². The van der Waals surface area contributed by atoms with Crippen molar-refractivity contribution in [1.29, 1.82) is 0 Å². The van der Waals surface area contributed by atoms with Crippen LogP contribution in [0.5, 0.6) is 0 Å². The van der Waals surface area contributed by atoms with Crippen LogP contribution in [0.3, 0.4) is 0 Å². The summed E-state index contributed by atoms with van der Waals surface area (Å²) in [6.07, 6.45) is 8.56. The van der Waals surface area contributed by atoms with Crippen molar-refractivity contribution in [2.75, 3.05) is 13.1 Å². The minimum absolute atomic E-state index is 0.734. The van der Waals surface area contributed by atoms with E-state index in [1.807, 2.05) is 6.07 Å². The van der Waals surface area contributed by atoms with Crippen LogP contribution in [0.25, 0.3) is 0 Å². The van der Waals surface area contributed by atoms with Crippen LogP contribution < -0.4 is 5.32 Å². The van der Waals surface area contributed by atoms with Gasteiger partial charge in [0.15, 0.2) is 0 Å². The van der Waals surface area contributed by atoms with Crippen LogP contribution in [-0.2, 0) is 6.42 Å². The number of furan rings is 1. The highest BCUT2D eigenvalue weighted by molar-refractivity contribution is 5.00. The molecule has 102 valence electrons. The van der Waals surface area contributed by atoms with Crippen molar-refractivity contribution >= 4 is 0 Å². The first kappa shape index (κ1) is 13.7. The summed E-state index contributed by atoms with van der Waals surface area (Å²) >= 11 is 0. The maximum absolute atomic E-state index is 5.52. The SMILES string of the molecule is CC(C)CNCC(Cc1ccco1)C1CCCC1. The number of hydrogen-bond donors (Lipinski definition) is 1. The quantitative estimate of drug-likeness (QED) is 0.793. The molecule has 1 aliphatic rings. The molecule has 0 bridgehead atoms. The summed E-state index contributed by atoms with van der Waals surface area (Å²) in [7, 11) is 0. The zero-order valence-corrected chi connectivity index (χ0v) is 11.8. The Bertz CT molecular complexity index is 312. The molecule has 1 aromatic heterocycles. The van der Waals surface area contributed by atoms with Crippen molar-refractivity contribution in [1.82, 2.24) is 5.32 Å². The molecule has 1 heterocycles. The van der Waals surface area contributed by atoms with Gasteiger partial charge in [0.1, 0.15) is 5.76 Å². The predicted molar refractivity (Wildman–Crippen MR) is 75.6 cm³/mol. The van der Waals surface area contributed by atoms with Crippen molar-refractivity contribution in [3.8, 4) is 0 Å². The van der Waals surface area contributed by atoms with Gasteiger partial charge in [0.05, 0.1) is 6.26 Å². The van der Waals surface area contributed by atoms with E-state index in [1.165, 1.54) is 25.7 Å². The molecule has 2 rings (SSSR count). The number of rotatable bonds is 7. The van der Waals surface area contributed by atoms with Crippen LogP contribution in [0, 0.1) is 17.8 Å². The molecule has 0 spiro atoms. The Hall–Kier alpha value is -0.760. The second-order valence-electron chi connectivity index (χ2n) is 6.14. The molecule has 1 fully saturated rings. The van der Waals surface area contributed by atoms with Gasteiger partial charge in [-0.05, 0) is 43.0 Å². The average Bonchev–Trinajstić information content (AvgIpc) is 3.00. The van der Waals surface area contributed by atoms with Crippen LogP contribution in [0.1, 0.15) is 45.3 Å². The summed E-state index contributed by atoms with van der Waals surface area (Å²) in [5.41, 5.74) is 0. The van der Waals surface area contributed by atoms with Gasteiger partial charge in [-0.3, -0.25) is 0 Å². The molecule has 1 atom stereocenters. The largest absolute Gasteiger partial charge is 0.469 e. The molecule has 0 aliphatic heterocycles. The van der Waals surface area contributed by atoms with Gasteiger partial charge >= 0.3 is 0 Å². The van der Waals surface area contributed by atoms with Crippen molar-refractivity contribution in [3.63, 3.8) is 0 Å². The Morgan fingerprint density at radius 3 is 2.67 bits per heavy atom. The normalized spacial score (nSPS) is 18.6. The third-order valence-corrected chi connectivity index (χ3v) is 4.07. The standard InChI is InChI=1S/C16H27NO/c1-13(2)11-17-12-15(14-6-3-4-7-14)10-16-8-5-9-18-16/h5,8-9,13-15,17H,3-4,6-7,10-12H2,1-2H3. The van der Waals surface area contributed by atoms with Crippen LogP contribution in [0.4, 0.5) is 0 Å². The maximum Gasteiger partial charge on any atom is 0.104 e. The van der Waals surface area contributed by atoms with Gasteiger partial charge in [-0.2, -0.15) is 0 Å². The van der Waals surface area contributed by atoms with E-state index in [0.29, 0.717) is 0 Å². The van der Waals surface area contributed by atoms with Crippen LogP contribution in [0.15, 0.2) is 22.8 Å². The van der Waals surface area contributed by atoms with Crippen LogP contribution in [-0.4, -0.2) is 13.1 Å². The summed E-state index contributed by atoms with van der Waals surface area (Å²) in [4.78, 5) is 0. The lowest BCUT2D eigenvalue weighted by atomic mass is 9.87. The summed E-state index contributed by atoms with van der Waals surface area (Å²) in [5.74, 6) is 3.53. The van der Waals surface area contributed by atoms with E-state index in [1.54, 1.807) is 6.26 Å². The third-order valence-electron chi connectivity index (χ3n) is 4.07. The molecule has 1 aliphatic carbocycles. The van der Waals surface area contributed by atoms with Gasteiger partial charge in [0.25, 0.3) is 0 Å².